The second-order valence-electron chi connectivity index (χ2n) is 7.24. The van der Waals surface area contributed by atoms with E-state index in [4.69, 9.17) is 11.6 Å². The van der Waals surface area contributed by atoms with Gasteiger partial charge in [0.15, 0.2) is 5.69 Å². The maximum atomic E-state index is 13.3. The molecule has 2 amide bonds. The smallest absolute Gasteiger partial charge is 0.350 e. The van der Waals surface area contributed by atoms with Crippen molar-refractivity contribution in [1.82, 2.24) is 20.1 Å². The Kier molecular flexibility index (Phi) is 6.54. The molecule has 0 atom stereocenters. The number of hydrogen-bond acceptors (Lipinski definition) is 4. The fraction of sp³-hybridized carbons (Fsp3) is 0.238. The van der Waals surface area contributed by atoms with Crippen molar-refractivity contribution < 1.29 is 22.8 Å². The summed E-state index contributed by atoms with van der Waals surface area (Å²) in [5, 5.41) is 8.88. The standard InChI is InChI=1S/C21H19ClF3N5O2/c1-11(2)27-19(31)13-10-26-9-12(3)18(13)28-20(32)16-8-17(21(23,24)25)29-30(16)15-7-5-4-6-14(15)22/h4-11H,1-3H3,(H,27,31)(H,26,28,32). The summed E-state index contributed by atoms with van der Waals surface area (Å²) in [6, 6.07) is 6.50. The van der Waals surface area contributed by atoms with Crippen LogP contribution in [0.5, 0.6) is 0 Å². The lowest BCUT2D eigenvalue weighted by Gasteiger charge is -2.15. The zero-order valence-corrected chi connectivity index (χ0v) is 18.0. The highest BCUT2D eigenvalue weighted by molar-refractivity contribution is 6.32. The number of benzene rings is 1. The van der Waals surface area contributed by atoms with E-state index >= 15 is 0 Å². The highest BCUT2D eigenvalue weighted by Gasteiger charge is 2.36. The predicted octanol–water partition coefficient (Wildman–Crippen LogP) is 4.64. The average molecular weight is 466 g/mol. The molecule has 1 aromatic carbocycles. The van der Waals surface area contributed by atoms with Crippen LogP contribution >= 0.6 is 11.6 Å². The van der Waals surface area contributed by atoms with Crippen LogP contribution < -0.4 is 10.6 Å². The van der Waals surface area contributed by atoms with E-state index in [0.29, 0.717) is 11.6 Å². The van der Waals surface area contributed by atoms with Crippen molar-refractivity contribution in [2.75, 3.05) is 5.32 Å². The maximum absolute atomic E-state index is 13.3. The number of nitrogens with zero attached hydrogens (tertiary/aromatic N) is 3. The highest BCUT2D eigenvalue weighted by Crippen LogP contribution is 2.31. The Hall–Kier alpha value is -3.40. The Bertz CT molecular complexity index is 1170. The van der Waals surface area contributed by atoms with Crippen molar-refractivity contribution in [3.63, 3.8) is 0 Å². The van der Waals surface area contributed by atoms with Crippen LogP contribution in [0.2, 0.25) is 5.02 Å². The van der Waals surface area contributed by atoms with Crippen molar-refractivity contribution in [3.8, 4) is 5.69 Å². The average Bonchev–Trinajstić information content (AvgIpc) is 3.15. The molecule has 0 saturated carbocycles. The number of alkyl halides is 3. The number of aromatic nitrogens is 3. The molecule has 2 aromatic heterocycles. The number of amides is 2. The first-order valence-corrected chi connectivity index (χ1v) is 9.85. The quantitative estimate of drug-likeness (QED) is 0.574. The number of carbonyl (C=O) groups excluding carboxylic acids is 2. The lowest BCUT2D eigenvalue weighted by Crippen LogP contribution is -2.31. The normalized spacial score (nSPS) is 11.5. The first-order valence-electron chi connectivity index (χ1n) is 9.48. The Morgan fingerprint density at radius 3 is 2.44 bits per heavy atom. The van der Waals surface area contributed by atoms with Crippen LogP contribution in [0.25, 0.3) is 5.69 Å². The molecule has 0 fully saturated rings. The van der Waals surface area contributed by atoms with E-state index in [1.54, 1.807) is 32.9 Å². The molecule has 32 heavy (non-hydrogen) atoms. The third-order valence-corrected chi connectivity index (χ3v) is 4.67. The second-order valence-corrected chi connectivity index (χ2v) is 7.64. The summed E-state index contributed by atoms with van der Waals surface area (Å²) in [5.74, 6) is -1.39. The molecule has 0 aliphatic heterocycles. The van der Waals surface area contributed by atoms with Crippen molar-refractivity contribution >= 4 is 29.1 Å². The Balaban J connectivity index is 2.07. The molecule has 0 aliphatic carbocycles. The monoisotopic (exact) mass is 465 g/mol. The van der Waals surface area contributed by atoms with Gasteiger partial charge in [-0.3, -0.25) is 14.6 Å². The van der Waals surface area contributed by atoms with Gasteiger partial charge in [0.25, 0.3) is 11.8 Å². The topological polar surface area (TPSA) is 88.9 Å². The van der Waals surface area contributed by atoms with Crippen molar-refractivity contribution in [3.05, 3.63) is 70.3 Å². The van der Waals surface area contributed by atoms with Gasteiger partial charge >= 0.3 is 6.18 Å². The third kappa shape index (κ3) is 4.91. The minimum absolute atomic E-state index is 0.0758. The summed E-state index contributed by atoms with van der Waals surface area (Å²) in [7, 11) is 0. The summed E-state index contributed by atoms with van der Waals surface area (Å²) in [6.45, 7) is 5.14. The van der Waals surface area contributed by atoms with Crippen LogP contribution in [0.4, 0.5) is 18.9 Å². The molecule has 11 heteroatoms. The molecule has 2 heterocycles. The van der Waals surface area contributed by atoms with Gasteiger partial charge in [0.2, 0.25) is 0 Å². The van der Waals surface area contributed by atoms with Gasteiger partial charge in [0.1, 0.15) is 5.69 Å². The summed E-state index contributed by atoms with van der Waals surface area (Å²) in [5.41, 5.74) is -0.909. The molecular formula is C21H19ClF3N5O2. The molecule has 0 saturated heterocycles. The number of aryl methyl sites for hydroxylation is 1. The van der Waals surface area contributed by atoms with Crippen LogP contribution in [-0.4, -0.2) is 32.6 Å². The lowest BCUT2D eigenvalue weighted by atomic mass is 10.1. The number of nitrogens with one attached hydrogen (secondary N) is 2. The molecule has 0 aliphatic rings. The van der Waals surface area contributed by atoms with Gasteiger partial charge in [-0.25, -0.2) is 4.68 Å². The molecule has 3 rings (SSSR count). The van der Waals surface area contributed by atoms with Crippen molar-refractivity contribution in [2.24, 2.45) is 0 Å². The second kappa shape index (κ2) is 8.99. The van der Waals surface area contributed by atoms with Crippen molar-refractivity contribution in [2.45, 2.75) is 33.0 Å². The van der Waals surface area contributed by atoms with E-state index in [9.17, 15) is 22.8 Å². The van der Waals surface area contributed by atoms with Gasteiger partial charge in [-0.2, -0.15) is 18.3 Å². The zero-order valence-electron chi connectivity index (χ0n) is 17.3. The zero-order chi connectivity index (χ0) is 23.6. The molecule has 3 aromatic rings. The van der Waals surface area contributed by atoms with Gasteiger partial charge in [0.05, 0.1) is 22.0 Å². The van der Waals surface area contributed by atoms with Gasteiger partial charge < -0.3 is 10.6 Å². The van der Waals surface area contributed by atoms with E-state index in [1.807, 2.05) is 0 Å². The minimum atomic E-state index is -4.78. The number of pyridine rings is 1. The van der Waals surface area contributed by atoms with Crippen LogP contribution in [0.1, 0.15) is 46.0 Å². The number of carbonyl (C=O) groups is 2. The number of hydrogen-bond donors (Lipinski definition) is 2. The van der Waals surface area contributed by atoms with E-state index < -0.39 is 29.4 Å². The summed E-state index contributed by atoms with van der Waals surface area (Å²) in [4.78, 5) is 29.6. The number of para-hydroxylation sites is 1. The molecule has 168 valence electrons. The van der Waals surface area contributed by atoms with Gasteiger partial charge in [-0.15, -0.1) is 0 Å². The summed E-state index contributed by atoms with van der Waals surface area (Å²) < 4.78 is 40.8. The maximum Gasteiger partial charge on any atom is 0.435 e. The van der Waals surface area contributed by atoms with E-state index in [-0.39, 0.29) is 28.0 Å². The molecule has 0 bridgehead atoms. The van der Waals surface area contributed by atoms with Crippen LogP contribution in [-0.2, 0) is 6.18 Å². The SMILES string of the molecule is Cc1cncc(C(=O)NC(C)C)c1NC(=O)c1cc(C(F)(F)F)nn1-c1ccccc1Cl. The Morgan fingerprint density at radius 1 is 1.12 bits per heavy atom. The summed E-state index contributed by atoms with van der Waals surface area (Å²) >= 11 is 6.12. The van der Waals surface area contributed by atoms with Gasteiger partial charge in [-0.05, 0) is 38.5 Å². The fourth-order valence-corrected chi connectivity index (χ4v) is 3.13. The number of anilines is 1. The Morgan fingerprint density at radius 2 is 1.81 bits per heavy atom. The van der Waals surface area contributed by atoms with Crippen LogP contribution in [0, 0.1) is 6.92 Å². The largest absolute Gasteiger partial charge is 0.435 e. The molecule has 0 radical (unpaired) electrons. The van der Waals surface area contributed by atoms with E-state index in [0.717, 1.165) is 4.68 Å². The Labute approximate surface area is 186 Å². The lowest BCUT2D eigenvalue weighted by molar-refractivity contribution is -0.141. The van der Waals surface area contributed by atoms with Gasteiger partial charge in [-0.1, -0.05) is 23.7 Å². The molecular weight excluding hydrogens is 447 g/mol. The molecule has 0 spiro atoms. The predicted molar refractivity (Wildman–Crippen MR) is 113 cm³/mol. The van der Waals surface area contributed by atoms with Crippen molar-refractivity contribution in [1.29, 1.82) is 0 Å². The molecule has 0 unspecified atom stereocenters. The van der Waals surface area contributed by atoms with Crippen LogP contribution in [0.3, 0.4) is 0 Å². The number of rotatable bonds is 5. The minimum Gasteiger partial charge on any atom is -0.350 e. The van der Waals surface area contributed by atoms with Gasteiger partial charge in [0, 0.05) is 24.5 Å². The highest BCUT2D eigenvalue weighted by atomic mass is 35.5. The summed E-state index contributed by atoms with van der Waals surface area (Å²) in [6.07, 6.45) is -2.09. The van der Waals surface area contributed by atoms with Crippen LogP contribution in [0.15, 0.2) is 42.7 Å². The fourth-order valence-electron chi connectivity index (χ4n) is 2.91. The first-order chi connectivity index (χ1) is 15.0. The van der Waals surface area contributed by atoms with E-state index in [1.165, 1.54) is 24.5 Å². The molecule has 2 N–H and O–H groups in total. The first kappa shape index (κ1) is 23.3. The number of halogens is 4. The van der Waals surface area contributed by atoms with E-state index in [2.05, 4.69) is 20.7 Å². The third-order valence-electron chi connectivity index (χ3n) is 4.35. The molecule has 7 nitrogen and oxygen atoms in total.